The van der Waals surface area contributed by atoms with E-state index in [1.807, 2.05) is 30.3 Å². The van der Waals surface area contributed by atoms with Crippen molar-refractivity contribution in [3.8, 4) is 44.9 Å². The van der Waals surface area contributed by atoms with Gasteiger partial charge in [-0.2, -0.15) is 0 Å². The molecule has 0 spiro atoms. The quantitative estimate of drug-likeness (QED) is 0.162. The largest absolute Gasteiger partial charge is 0.455 e. The minimum Gasteiger partial charge on any atom is -0.455 e. The molecule has 0 N–H and O–H groups in total. The summed E-state index contributed by atoms with van der Waals surface area (Å²) in [6, 6.07) is 76.7. The van der Waals surface area contributed by atoms with E-state index in [9.17, 15) is 0 Å². The van der Waals surface area contributed by atoms with Crippen LogP contribution in [0.2, 0.25) is 0 Å². The van der Waals surface area contributed by atoms with E-state index in [0.29, 0.717) is 0 Å². The molecule has 0 unspecified atom stereocenters. The number of hydrogen-bond acceptors (Lipinski definition) is 4. The van der Waals surface area contributed by atoms with E-state index in [4.69, 9.17) is 9.15 Å². The lowest BCUT2D eigenvalue weighted by Gasteiger charge is -2.33. The lowest BCUT2D eigenvalue weighted by atomic mass is 10.0. The number of anilines is 6. The van der Waals surface area contributed by atoms with Crippen molar-refractivity contribution >= 4 is 56.1 Å². The molecule has 0 saturated heterocycles. The third-order valence-electron chi connectivity index (χ3n) is 11.1. The van der Waals surface area contributed by atoms with Crippen LogP contribution in [-0.2, 0) is 0 Å². The van der Waals surface area contributed by atoms with E-state index >= 15 is 0 Å². The predicted octanol–water partition coefficient (Wildman–Crippen LogP) is 15.6. The van der Waals surface area contributed by atoms with Crippen molar-refractivity contribution in [1.29, 1.82) is 0 Å². The Morgan fingerprint density at radius 2 is 0.897 bits per heavy atom. The van der Waals surface area contributed by atoms with Crippen LogP contribution < -0.4 is 14.5 Å². The summed E-state index contributed by atoms with van der Waals surface area (Å²) in [7, 11) is 0. The molecule has 10 aromatic rings. The second-order valence-corrected chi connectivity index (χ2v) is 14.5. The van der Waals surface area contributed by atoms with Gasteiger partial charge >= 0.3 is 0 Å². The molecule has 11 rings (SSSR count). The first-order chi connectivity index (χ1) is 28.7. The molecule has 0 saturated carbocycles. The highest BCUT2D eigenvalue weighted by atomic mass is 16.5. The molecule has 0 radical (unpaired) electrons. The van der Waals surface area contributed by atoms with Gasteiger partial charge in [-0.25, -0.2) is 0 Å². The number of fused-ring (bicyclic) bond motifs is 5. The Morgan fingerprint density at radius 1 is 0.362 bits per heavy atom. The van der Waals surface area contributed by atoms with E-state index in [0.717, 1.165) is 89.8 Å². The van der Waals surface area contributed by atoms with Gasteiger partial charge in [0, 0.05) is 39.1 Å². The lowest BCUT2D eigenvalue weighted by molar-refractivity contribution is 0.477. The summed E-state index contributed by atoms with van der Waals surface area (Å²) in [4.78, 5) is 4.58. The molecule has 58 heavy (non-hydrogen) atoms. The van der Waals surface area contributed by atoms with Gasteiger partial charge in [0.25, 0.3) is 0 Å². The summed E-state index contributed by atoms with van der Waals surface area (Å²) in [5.74, 6) is 1.66. The highest BCUT2D eigenvalue weighted by molar-refractivity contribution is 6.09. The zero-order valence-electron chi connectivity index (χ0n) is 31.5. The Balaban J connectivity index is 0.956. The maximum absolute atomic E-state index is 6.54. The molecule has 0 aliphatic carbocycles. The summed E-state index contributed by atoms with van der Waals surface area (Å²) in [5.41, 5.74) is 14.9. The van der Waals surface area contributed by atoms with Crippen LogP contribution in [0.4, 0.5) is 34.1 Å². The first-order valence-corrected chi connectivity index (χ1v) is 19.6. The van der Waals surface area contributed by atoms with Crippen LogP contribution in [-0.4, -0.2) is 0 Å². The van der Waals surface area contributed by atoms with Gasteiger partial charge in [-0.3, -0.25) is 0 Å². The highest BCUT2D eigenvalue weighted by Gasteiger charge is 2.26. The smallest absolute Gasteiger partial charge is 0.152 e. The Morgan fingerprint density at radius 3 is 1.62 bits per heavy atom. The van der Waals surface area contributed by atoms with Gasteiger partial charge in [0.15, 0.2) is 11.5 Å². The molecule has 0 fully saturated rings. The zero-order chi connectivity index (χ0) is 38.4. The predicted molar refractivity (Wildman–Crippen MR) is 239 cm³/mol. The van der Waals surface area contributed by atoms with Crippen LogP contribution in [0.15, 0.2) is 223 Å². The fourth-order valence-corrected chi connectivity index (χ4v) is 8.24. The number of hydrogen-bond donors (Lipinski definition) is 0. The van der Waals surface area contributed by atoms with Crippen molar-refractivity contribution in [3.05, 3.63) is 218 Å². The second kappa shape index (κ2) is 14.0. The Bertz CT molecular complexity index is 3060. The normalized spacial score (nSPS) is 11.9. The first kappa shape index (κ1) is 33.5. The molecule has 274 valence electrons. The molecule has 4 heteroatoms. The van der Waals surface area contributed by atoms with E-state index in [1.54, 1.807) is 0 Å². The maximum atomic E-state index is 6.54. The maximum Gasteiger partial charge on any atom is 0.152 e. The lowest BCUT2D eigenvalue weighted by Crippen LogP contribution is -2.15. The fraction of sp³-hybridized carbons (Fsp3) is 0. The van der Waals surface area contributed by atoms with Crippen molar-refractivity contribution in [2.45, 2.75) is 0 Å². The minimum atomic E-state index is 0.822. The van der Waals surface area contributed by atoms with Crippen molar-refractivity contribution in [3.63, 3.8) is 0 Å². The molecule has 2 heterocycles. The van der Waals surface area contributed by atoms with Crippen LogP contribution in [0.25, 0.3) is 55.3 Å². The molecule has 1 aromatic heterocycles. The third-order valence-corrected chi connectivity index (χ3v) is 11.1. The minimum absolute atomic E-state index is 0.822. The van der Waals surface area contributed by atoms with Crippen molar-refractivity contribution in [2.24, 2.45) is 0 Å². The zero-order valence-corrected chi connectivity index (χ0v) is 31.5. The number of para-hydroxylation sites is 5. The number of furan rings is 1. The summed E-state index contributed by atoms with van der Waals surface area (Å²) in [6.45, 7) is 0. The van der Waals surface area contributed by atoms with Gasteiger partial charge < -0.3 is 19.0 Å². The third kappa shape index (κ3) is 5.87. The summed E-state index contributed by atoms with van der Waals surface area (Å²) in [6.07, 6.45) is 0. The van der Waals surface area contributed by atoms with Gasteiger partial charge in [0.05, 0.1) is 11.4 Å². The van der Waals surface area contributed by atoms with E-state index in [2.05, 4.69) is 198 Å². The first-order valence-electron chi connectivity index (χ1n) is 19.6. The monoisotopic (exact) mass is 744 g/mol. The Labute approximate surface area is 337 Å². The number of nitrogens with zero attached hydrogens (tertiary/aromatic N) is 2. The average Bonchev–Trinajstić information content (AvgIpc) is 3.69. The molecule has 0 amide bonds. The standard InChI is InChI=1S/C54H36N2O2/c1-3-12-37(13-4-1)38-22-29-43(30-23-38)55(45-33-26-40(27-34-45)46-17-11-18-48-47-16-7-9-20-51(47)58-54(46)48)44-31-24-39(25-32-44)41-28-35-50-53(36-41)57-52-21-10-8-19-49(52)56(50)42-14-5-2-6-15-42/h1-36H. The Hall–Kier alpha value is -7.82. The van der Waals surface area contributed by atoms with Gasteiger partial charge in [-0.15, -0.1) is 0 Å². The number of ether oxygens (including phenoxy) is 1. The average molecular weight is 745 g/mol. The van der Waals surface area contributed by atoms with Crippen LogP contribution in [0.3, 0.4) is 0 Å². The molecule has 1 aliphatic heterocycles. The topological polar surface area (TPSA) is 28.9 Å². The molecule has 1 aliphatic rings. The number of rotatable bonds is 7. The van der Waals surface area contributed by atoms with Crippen molar-refractivity contribution in [1.82, 2.24) is 0 Å². The van der Waals surface area contributed by atoms with Gasteiger partial charge in [0.1, 0.15) is 11.2 Å². The van der Waals surface area contributed by atoms with E-state index in [1.165, 1.54) is 11.1 Å². The molecular formula is C54H36N2O2. The molecular weight excluding hydrogens is 709 g/mol. The molecule has 4 nitrogen and oxygen atoms in total. The molecule has 0 atom stereocenters. The highest BCUT2D eigenvalue weighted by Crippen LogP contribution is 2.51. The van der Waals surface area contributed by atoms with Crippen LogP contribution in [0.1, 0.15) is 0 Å². The summed E-state index contributed by atoms with van der Waals surface area (Å²) in [5, 5.41) is 2.26. The van der Waals surface area contributed by atoms with Gasteiger partial charge in [-0.05, 0) is 107 Å². The fourth-order valence-electron chi connectivity index (χ4n) is 8.24. The molecule has 0 bridgehead atoms. The second-order valence-electron chi connectivity index (χ2n) is 14.5. The summed E-state index contributed by atoms with van der Waals surface area (Å²) >= 11 is 0. The molecule has 9 aromatic carbocycles. The summed E-state index contributed by atoms with van der Waals surface area (Å²) < 4.78 is 12.9. The van der Waals surface area contributed by atoms with Crippen LogP contribution >= 0.6 is 0 Å². The van der Waals surface area contributed by atoms with Gasteiger partial charge in [0.2, 0.25) is 0 Å². The SMILES string of the molecule is c1ccc(-c2ccc(N(c3ccc(-c4ccc5c(c4)Oc4ccccc4N5c4ccccc4)cc3)c3ccc(-c4cccc5c4oc4ccccc45)cc3)cc2)cc1. The van der Waals surface area contributed by atoms with E-state index in [-0.39, 0.29) is 0 Å². The van der Waals surface area contributed by atoms with Crippen molar-refractivity contribution in [2.75, 3.05) is 9.80 Å². The van der Waals surface area contributed by atoms with Crippen molar-refractivity contribution < 1.29 is 9.15 Å². The van der Waals surface area contributed by atoms with Crippen LogP contribution in [0, 0.1) is 0 Å². The van der Waals surface area contributed by atoms with Gasteiger partial charge in [-0.1, -0.05) is 140 Å². The van der Waals surface area contributed by atoms with Crippen LogP contribution in [0.5, 0.6) is 11.5 Å². The number of benzene rings is 9. The Kier molecular flexibility index (Phi) is 8.11. The van der Waals surface area contributed by atoms with E-state index < -0.39 is 0 Å².